The molecule has 4 atom stereocenters. The van der Waals surface area contributed by atoms with Crippen molar-refractivity contribution < 1.29 is 14.3 Å². The molecule has 0 spiro atoms. The largest absolute Gasteiger partial charge is 0.458 e. The van der Waals surface area contributed by atoms with E-state index in [4.69, 9.17) is 4.74 Å². The maximum Gasteiger partial charge on any atom is 0.317 e. The lowest BCUT2D eigenvalue weighted by Gasteiger charge is -2.05. The third-order valence-corrected chi connectivity index (χ3v) is 3.42. The van der Waals surface area contributed by atoms with Crippen molar-refractivity contribution in [2.24, 2.45) is 17.8 Å². The number of Topliss-reactive ketones (excluding diaryl/α,β-unsaturated/α-hetero) is 1. The van der Waals surface area contributed by atoms with Gasteiger partial charge in [0.2, 0.25) is 0 Å². The van der Waals surface area contributed by atoms with Crippen LogP contribution in [0.5, 0.6) is 0 Å². The summed E-state index contributed by atoms with van der Waals surface area (Å²) in [6.45, 7) is 1.94. The second-order valence-corrected chi connectivity index (χ2v) is 3.89. The molecular weight excluding hydrogens is 144 g/mol. The maximum absolute atomic E-state index is 11.1. The van der Waals surface area contributed by atoms with Gasteiger partial charge in [0.1, 0.15) is 17.3 Å². The number of hydrogen-bond acceptors (Lipinski definition) is 3. The molecule has 0 aromatic heterocycles. The molecule has 3 heteroatoms. The van der Waals surface area contributed by atoms with Gasteiger partial charge in [-0.05, 0) is 6.92 Å². The summed E-state index contributed by atoms with van der Waals surface area (Å²) in [5.74, 6) is 0.0291. The summed E-state index contributed by atoms with van der Waals surface area (Å²) >= 11 is 0. The van der Waals surface area contributed by atoms with Gasteiger partial charge in [0, 0.05) is 18.3 Å². The molecule has 3 fully saturated rings. The van der Waals surface area contributed by atoms with Crippen LogP contribution < -0.4 is 0 Å². The molecule has 0 radical (unpaired) electrons. The second-order valence-electron chi connectivity index (χ2n) is 3.89. The Morgan fingerprint density at radius 3 is 2.91 bits per heavy atom. The van der Waals surface area contributed by atoms with E-state index in [9.17, 15) is 9.59 Å². The van der Waals surface area contributed by atoms with E-state index < -0.39 is 0 Å². The first-order valence-corrected chi connectivity index (χ1v) is 3.90. The van der Waals surface area contributed by atoms with Crippen LogP contribution in [0.25, 0.3) is 0 Å². The van der Waals surface area contributed by atoms with Gasteiger partial charge in [0.25, 0.3) is 0 Å². The number of fused-ring (bicyclic) bond motifs is 1. The number of ether oxygens (including phenoxy) is 1. The van der Waals surface area contributed by atoms with E-state index >= 15 is 0 Å². The van der Waals surface area contributed by atoms with Crippen LogP contribution >= 0.6 is 0 Å². The molecule has 0 aromatic carbocycles. The van der Waals surface area contributed by atoms with Crippen molar-refractivity contribution in [2.75, 3.05) is 0 Å². The minimum atomic E-state index is -0.384. The summed E-state index contributed by atoms with van der Waals surface area (Å²) in [4.78, 5) is 22.2. The topological polar surface area (TPSA) is 43.4 Å². The smallest absolute Gasteiger partial charge is 0.317 e. The maximum atomic E-state index is 11.1. The van der Waals surface area contributed by atoms with Crippen LogP contribution in [0.2, 0.25) is 0 Å². The highest BCUT2D eigenvalue weighted by atomic mass is 16.6. The highest BCUT2D eigenvalue weighted by molar-refractivity contribution is 6.05. The first kappa shape index (κ1) is 5.75. The Kier molecular flexibility index (Phi) is 0.646. The summed E-state index contributed by atoms with van der Waals surface area (Å²) in [5.41, 5.74) is -0.240. The van der Waals surface area contributed by atoms with E-state index in [0.29, 0.717) is 12.3 Å². The number of carbonyl (C=O) groups is 2. The molecule has 11 heavy (non-hydrogen) atoms. The van der Waals surface area contributed by atoms with Gasteiger partial charge >= 0.3 is 5.97 Å². The van der Waals surface area contributed by atoms with Crippen LogP contribution in [0.4, 0.5) is 0 Å². The Morgan fingerprint density at radius 1 is 1.55 bits per heavy atom. The van der Waals surface area contributed by atoms with E-state index in [1.165, 1.54) is 0 Å². The van der Waals surface area contributed by atoms with E-state index in [1.54, 1.807) is 0 Å². The van der Waals surface area contributed by atoms with E-state index in [1.807, 2.05) is 6.92 Å². The molecule has 4 unspecified atom stereocenters. The monoisotopic (exact) mass is 152 g/mol. The fraction of sp³-hybridized carbons (Fsp3) is 0.750. The average Bonchev–Trinajstić information content (AvgIpc) is 2.33. The molecule has 1 saturated heterocycles. The van der Waals surface area contributed by atoms with Crippen LogP contribution in [0.15, 0.2) is 0 Å². The van der Waals surface area contributed by atoms with E-state index in [0.717, 1.165) is 0 Å². The minimum Gasteiger partial charge on any atom is -0.458 e. The molecule has 0 amide bonds. The highest BCUT2D eigenvalue weighted by Crippen LogP contribution is 2.68. The Hall–Kier alpha value is -0.860. The summed E-state index contributed by atoms with van der Waals surface area (Å²) in [6.07, 6.45) is 0.567. The molecule has 0 N–H and O–H groups in total. The third kappa shape index (κ3) is 0.400. The molecule has 3 aliphatic rings. The van der Waals surface area contributed by atoms with Crippen molar-refractivity contribution in [3.05, 3.63) is 0 Å². The number of rotatable bonds is 0. The van der Waals surface area contributed by atoms with Gasteiger partial charge in [-0.3, -0.25) is 9.59 Å². The van der Waals surface area contributed by atoms with Crippen molar-refractivity contribution in [1.29, 1.82) is 0 Å². The lowest BCUT2D eigenvalue weighted by molar-refractivity contribution is -0.149. The minimum absolute atomic E-state index is 0.0972. The van der Waals surface area contributed by atoms with E-state index in [-0.39, 0.29) is 29.2 Å². The van der Waals surface area contributed by atoms with Crippen LogP contribution in [0.1, 0.15) is 13.3 Å². The predicted octanol–water partition coefficient (Wildman–Crippen LogP) is 0.137. The lowest BCUT2D eigenvalue weighted by Crippen LogP contribution is -2.16. The molecule has 2 saturated carbocycles. The van der Waals surface area contributed by atoms with Crippen molar-refractivity contribution in [1.82, 2.24) is 0 Å². The molecule has 0 aromatic rings. The van der Waals surface area contributed by atoms with Gasteiger partial charge < -0.3 is 4.74 Å². The van der Waals surface area contributed by atoms with Crippen LogP contribution in [-0.4, -0.2) is 17.4 Å². The second kappa shape index (κ2) is 1.24. The Balaban J connectivity index is 2.10. The first-order valence-electron chi connectivity index (χ1n) is 3.90. The Labute approximate surface area is 63.7 Å². The lowest BCUT2D eigenvalue weighted by atomic mass is 10.0. The zero-order valence-electron chi connectivity index (χ0n) is 6.16. The van der Waals surface area contributed by atoms with Crippen molar-refractivity contribution in [3.8, 4) is 0 Å². The normalized spacial score (nSPS) is 57.7. The highest BCUT2D eigenvalue weighted by Gasteiger charge is 2.79. The third-order valence-electron chi connectivity index (χ3n) is 3.42. The van der Waals surface area contributed by atoms with Crippen molar-refractivity contribution >= 4 is 11.8 Å². The number of esters is 1. The van der Waals surface area contributed by atoms with Crippen LogP contribution in [0.3, 0.4) is 0 Å². The Morgan fingerprint density at radius 2 is 2.27 bits per heavy atom. The SMILES string of the molecule is CC12OC(=O)C3C(=O)CC1C32. The van der Waals surface area contributed by atoms with Crippen molar-refractivity contribution in [2.45, 2.75) is 18.9 Å². The molecular formula is C8H8O3. The quantitative estimate of drug-likeness (QED) is 0.366. The van der Waals surface area contributed by atoms with Crippen molar-refractivity contribution in [3.63, 3.8) is 0 Å². The molecule has 1 heterocycles. The Bertz CT molecular complexity index is 283. The number of carbonyl (C=O) groups excluding carboxylic acids is 2. The van der Waals surface area contributed by atoms with Crippen LogP contribution in [0, 0.1) is 17.8 Å². The first-order chi connectivity index (χ1) is 5.14. The van der Waals surface area contributed by atoms with Crippen LogP contribution in [-0.2, 0) is 14.3 Å². The summed E-state index contributed by atoms with van der Waals surface area (Å²) in [7, 11) is 0. The zero-order valence-corrected chi connectivity index (χ0v) is 6.16. The predicted molar refractivity (Wildman–Crippen MR) is 34.6 cm³/mol. The summed E-state index contributed by atoms with van der Waals surface area (Å²) in [5, 5.41) is 0. The molecule has 0 bridgehead atoms. The fourth-order valence-electron chi connectivity index (χ4n) is 2.75. The van der Waals surface area contributed by atoms with Gasteiger partial charge in [-0.15, -0.1) is 0 Å². The fourth-order valence-corrected chi connectivity index (χ4v) is 2.75. The molecule has 2 aliphatic carbocycles. The van der Waals surface area contributed by atoms with Gasteiger partial charge in [-0.25, -0.2) is 0 Å². The number of ketones is 1. The molecule has 3 nitrogen and oxygen atoms in total. The number of hydrogen-bond donors (Lipinski definition) is 0. The van der Waals surface area contributed by atoms with Gasteiger partial charge in [-0.2, -0.15) is 0 Å². The average molecular weight is 152 g/mol. The van der Waals surface area contributed by atoms with E-state index in [2.05, 4.69) is 0 Å². The molecule has 58 valence electrons. The van der Waals surface area contributed by atoms with Gasteiger partial charge in [0.15, 0.2) is 0 Å². The summed E-state index contributed by atoms with van der Waals surface area (Å²) < 4.78 is 5.12. The van der Waals surface area contributed by atoms with Gasteiger partial charge in [0.05, 0.1) is 0 Å². The zero-order chi connectivity index (χ0) is 7.80. The molecule has 3 rings (SSSR count). The molecule has 1 aliphatic heterocycles. The van der Waals surface area contributed by atoms with Gasteiger partial charge in [-0.1, -0.05) is 0 Å². The standard InChI is InChI=1S/C8H8O3/c1-8-3-2-4(9)5(6(3)8)7(10)11-8/h3,5-6H,2H2,1H3. The summed E-state index contributed by atoms with van der Waals surface area (Å²) in [6, 6.07) is 0.